The van der Waals surface area contributed by atoms with E-state index in [1.807, 2.05) is 6.07 Å². The van der Waals surface area contributed by atoms with Crippen LogP contribution in [-0.4, -0.2) is 16.5 Å². The quantitative estimate of drug-likeness (QED) is 0.439. The second-order valence-corrected chi connectivity index (χ2v) is 6.72. The molecular formula is C19H35N3. The standard InChI is InChI=1S/C19H35N3/c1-18(2)14-11-9-7-5-3-4-6-8-10-12-15-20-19-21-16-13-17-22-19/h13,16-18H,3-12,14-15H2,1-2H3,(H,20,21,22). The molecule has 0 aliphatic rings. The van der Waals surface area contributed by atoms with Crippen LogP contribution >= 0.6 is 0 Å². The largest absolute Gasteiger partial charge is 0.354 e. The van der Waals surface area contributed by atoms with E-state index in [9.17, 15) is 0 Å². The summed E-state index contributed by atoms with van der Waals surface area (Å²) in [6, 6.07) is 1.84. The van der Waals surface area contributed by atoms with Crippen LogP contribution in [0.2, 0.25) is 0 Å². The van der Waals surface area contributed by atoms with Crippen molar-refractivity contribution in [3.8, 4) is 0 Å². The number of unbranched alkanes of at least 4 members (excludes halogenated alkanes) is 9. The van der Waals surface area contributed by atoms with Crippen molar-refractivity contribution >= 4 is 5.95 Å². The van der Waals surface area contributed by atoms with Crippen LogP contribution in [0.5, 0.6) is 0 Å². The molecule has 0 aromatic carbocycles. The highest BCUT2D eigenvalue weighted by atomic mass is 15.1. The maximum absolute atomic E-state index is 4.15. The van der Waals surface area contributed by atoms with E-state index in [-0.39, 0.29) is 0 Å². The van der Waals surface area contributed by atoms with Gasteiger partial charge in [-0.25, -0.2) is 9.97 Å². The van der Waals surface area contributed by atoms with Gasteiger partial charge in [-0.1, -0.05) is 78.1 Å². The van der Waals surface area contributed by atoms with Gasteiger partial charge in [-0.15, -0.1) is 0 Å². The predicted molar refractivity (Wildman–Crippen MR) is 96.1 cm³/mol. The van der Waals surface area contributed by atoms with E-state index in [4.69, 9.17) is 0 Å². The van der Waals surface area contributed by atoms with Gasteiger partial charge in [0.05, 0.1) is 0 Å². The molecule has 3 nitrogen and oxygen atoms in total. The third kappa shape index (κ3) is 11.5. The van der Waals surface area contributed by atoms with Gasteiger partial charge < -0.3 is 5.32 Å². The van der Waals surface area contributed by atoms with Gasteiger partial charge >= 0.3 is 0 Å². The van der Waals surface area contributed by atoms with Crippen LogP contribution in [0.4, 0.5) is 5.95 Å². The van der Waals surface area contributed by atoms with Crippen molar-refractivity contribution in [2.45, 2.75) is 84.5 Å². The summed E-state index contributed by atoms with van der Waals surface area (Å²) < 4.78 is 0. The lowest BCUT2D eigenvalue weighted by Gasteiger charge is -2.05. The van der Waals surface area contributed by atoms with Crippen molar-refractivity contribution in [1.82, 2.24) is 9.97 Å². The third-order valence-electron chi connectivity index (χ3n) is 4.06. The lowest BCUT2D eigenvalue weighted by Crippen LogP contribution is -2.04. The molecule has 126 valence electrons. The lowest BCUT2D eigenvalue weighted by molar-refractivity contribution is 0.505. The van der Waals surface area contributed by atoms with E-state index in [0.29, 0.717) is 0 Å². The minimum atomic E-state index is 0.750. The van der Waals surface area contributed by atoms with Crippen LogP contribution in [0, 0.1) is 5.92 Å². The van der Waals surface area contributed by atoms with Gasteiger partial charge in [0, 0.05) is 18.9 Å². The first kappa shape index (κ1) is 18.9. The lowest BCUT2D eigenvalue weighted by atomic mass is 10.0. The van der Waals surface area contributed by atoms with Crippen molar-refractivity contribution in [2.75, 3.05) is 11.9 Å². The van der Waals surface area contributed by atoms with Crippen LogP contribution in [0.15, 0.2) is 18.5 Å². The van der Waals surface area contributed by atoms with Crippen molar-refractivity contribution in [3.05, 3.63) is 18.5 Å². The molecule has 0 aliphatic heterocycles. The Labute approximate surface area is 137 Å². The summed E-state index contributed by atoms with van der Waals surface area (Å²) >= 11 is 0. The van der Waals surface area contributed by atoms with Crippen LogP contribution in [0.25, 0.3) is 0 Å². The topological polar surface area (TPSA) is 37.8 Å². The summed E-state index contributed by atoms with van der Waals surface area (Å²) in [5, 5.41) is 3.26. The molecule has 1 aromatic rings. The summed E-state index contributed by atoms with van der Waals surface area (Å²) in [4.78, 5) is 8.31. The fourth-order valence-corrected chi connectivity index (χ4v) is 2.68. The Morgan fingerprint density at radius 3 is 1.82 bits per heavy atom. The number of hydrogen-bond donors (Lipinski definition) is 1. The van der Waals surface area contributed by atoms with Crippen molar-refractivity contribution in [2.24, 2.45) is 5.92 Å². The molecule has 3 heteroatoms. The molecule has 1 heterocycles. The molecule has 0 amide bonds. The van der Waals surface area contributed by atoms with Crippen molar-refractivity contribution in [1.29, 1.82) is 0 Å². The first-order valence-electron chi connectivity index (χ1n) is 9.30. The zero-order chi connectivity index (χ0) is 15.9. The zero-order valence-electron chi connectivity index (χ0n) is 14.7. The fraction of sp³-hybridized carbons (Fsp3) is 0.789. The Morgan fingerprint density at radius 2 is 1.27 bits per heavy atom. The molecule has 1 aromatic heterocycles. The Hall–Kier alpha value is -1.12. The van der Waals surface area contributed by atoms with Gasteiger partial charge in [0.25, 0.3) is 0 Å². The summed E-state index contributed by atoms with van der Waals surface area (Å²) in [7, 11) is 0. The Morgan fingerprint density at radius 1 is 0.773 bits per heavy atom. The molecule has 0 spiro atoms. The van der Waals surface area contributed by atoms with Crippen LogP contribution < -0.4 is 5.32 Å². The number of nitrogens with zero attached hydrogens (tertiary/aromatic N) is 2. The smallest absolute Gasteiger partial charge is 0.222 e. The molecular weight excluding hydrogens is 270 g/mol. The van der Waals surface area contributed by atoms with Gasteiger partial charge in [0.2, 0.25) is 5.95 Å². The van der Waals surface area contributed by atoms with E-state index in [2.05, 4.69) is 29.1 Å². The normalized spacial score (nSPS) is 11.0. The maximum atomic E-state index is 4.15. The maximum Gasteiger partial charge on any atom is 0.222 e. The monoisotopic (exact) mass is 305 g/mol. The molecule has 0 fully saturated rings. The second kappa shape index (κ2) is 13.5. The highest BCUT2D eigenvalue weighted by Crippen LogP contribution is 2.13. The molecule has 0 radical (unpaired) electrons. The zero-order valence-corrected chi connectivity index (χ0v) is 14.7. The molecule has 1 N–H and O–H groups in total. The average Bonchev–Trinajstić information content (AvgIpc) is 2.52. The van der Waals surface area contributed by atoms with E-state index in [1.54, 1.807) is 12.4 Å². The number of hydrogen-bond acceptors (Lipinski definition) is 3. The average molecular weight is 306 g/mol. The number of anilines is 1. The number of nitrogens with one attached hydrogen (secondary N) is 1. The van der Waals surface area contributed by atoms with E-state index < -0.39 is 0 Å². The second-order valence-electron chi connectivity index (χ2n) is 6.72. The summed E-state index contributed by atoms with van der Waals surface area (Å²) in [5.41, 5.74) is 0. The molecule has 1 rings (SSSR count). The Balaban J connectivity index is 1.75. The molecule has 22 heavy (non-hydrogen) atoms. The van der Waals surface area contributed by atoms with Gasteiger partial charge in [-0.3, -0.25) is 0 Å². The predicted octanol–water partition coefficient (Wildman–Crippen LogP) is 5.84. The minimum absolute atomic E-state index is 0.750. The first-order chi connectivity index (χ1) is 10.8. The van der Waals surface area contributed by atoms with Gasteiger partial charge in [-0.2, -0.15) is 0 Å². The van der Waals surface area contributed by atoms with E-state index >= 15 is 0 Å². The van der Waals surface area contributed by atoms with Crippen LogP contribution in [0.3, 0.4) is 0 Å². The van der Waals surface area contributed by atoms with Gasteiger partial charge in [0.1, 0.15) is 0 Å². The summed E-state index contributed by atoms with van der Waals surface area (Å²) in [5.74, 6) is 1.63. The summed E-state index contributed by atoms with van der Waals surface area (Å²) in [6.45, 7) is 5.63. The Bertz CT molecular complexity index is 338. The first-order valence-corrected chi connectivity index (χ1v) is 9.30. The molecule has 0 unspecified atom stereocenters. The number of aromatic nitrogens is 2. The van der Waals surface area contributed by atoms with Crippen molar-refractivity contribution in [3.63, 3.8) is 0 Å². The molecule has 0 atom stereocenters. The Kier molecular flexibility index (Phi) is 11.6. The van der Waals surface area contributed by atoms with Gasteiger partial charge in [0.15, 0.2) is 0 Å². The molecule has 0 saturated heterocycles. The highest BCUT2D eigenvalue weighted by Gasteiger charge is 1.96. The molecule has 0 aliphatic carbocycles. The molecule has 0 bridgehead atoms. The summed E-state index contributed by atoms with van der Waals surface area (Å²) in [6.07, 6.45) is 18.8. The molecule has 0 saturated carbocycles. The SMILES string of the molecule is CC(C)CCCCCCCCCCCCNc1ncccn1. The van der Waals surface area contributed by atoms with Crippen LogP contribution in [-0.2, 0) is 0 Å². The van der Waals surface area contributed by atoms with Gasteiger partial charge in [-0.05, 0) is 18.4 Å². The number of rotatable bonds is 14. The van der Waals surface area contributed by atoms with Crippen LogP contribution in [0.1, 0.15) is 84.5 Å². The fourth-order valence-electron chi connectivity index (χ4n) is 2.68. The minimum Gasteiger partial charge on any atom is -0.354 e. The van der Waals surface area contributed by atoms with Crippen molar-refractivity contribution < 1.29 is 0 Å². The third-order valence-corrected chi connectivity index (χ3v) is 4.06. The van der Waals surface area contributed by atoms with E-state index in [1.165, 1.54) is 70.6 Å². The van der Waals surface area contributed by atoms with E-state index in [0.717, 1.165) is 18.4 Å². The highest BCUT2D eigenvalue weighted by molar-refractivity contribution is 5.21.